The Balaban J connectivity index is 1.72. The standard InChI is InChI=1S/C21H37N5O2S/c1-5-22-19(23-10-11-24-20(27)28-21(2,3)4)25-14-17-8-6-12-26(15-17)16-18-9-7-13-29-18/h7,9,13,17H,5-6,8,10-12,14-16H2,1-4H3,(H,24,27)(H2,22,23,25). The van der Waals surface area contributed by atoms with E-state index in [9.17, 15) is 4.79 Å². The minimum absolute atomic E-state index is 0.394. The quantitative estimate of drug-likeness (QED) is 0.340. The van der Waals surface area contributed by atoms with Gasteiger partial charge in [0.25, 0.3) is 0 Å². The third-order valence-electron chi connectivity index (χ3n) is 4.50. The van der Waals surface area contributed by atoms with Crippen molar-refractivity contribution in [2.45, 2.75) is 52.7 Å². The number of carbonyl (C=O) groups is 1. The summed E-state index contributed by atoms with van der Waals surface area (Å²) in [4.78, 5) is 20.4. The van der Waals surface area contributed by atoms with Crippen LogP contribution in [-0.4, -0.2) is 61.8 Å². The maximum absolute atomic E-state index is 11.7. The molecule has 0 aromatic carbocycles. The lowest BCUT2D eigenvalue weighted by Crippen LogP contribution is -2.43. The number of ether oxygens (including phenoxy) is 1. The number of alkyl carbamates (subject to hydrolysis) is 1. The number of thiophene rings is 1. The molecule has 1 aromatic heterocycles. The molecular weight excluding hydrogens is 386 g/mol. The lowest BCUT2D eigenvalue weighted by Gasteiger charge is -2.31. The molecule has 2 heterocycles. The average Bonchev–Trinajstić information content (AvgIpc) is 3.15. The first kappa shape index (κ1) is 23.5. The number of nitrogens with zero attached hydrogens (tertiary/aromatic N) is 2. The van der Waals surface area contributed by atoms with Crippen LogP contribution in [0.2, 0.25) is 0 Å². The SMILES string of the molecule is CCNC(=NCC1CCCN(Cc2cccs2)C1)NCCNC(=O)OC(C)(C)C. The maximum Gasteiger partial charge on any atom is 0.407 e. The third kappa shape index (κ3) is 9.99. The summed E-state index contributed by atoms with van der Waals surface area (Å²) in [5.74, 6) is 1.38. The van der Waals surface area contributed by atoms with Crippen molar-refractivity contribution in [3.05, 3.63) is 22.4 Å². The Kier molecular flexibility index (Phi) is 9.73. The number of hydrogen-bond donors (Lipinski definition) is 3. The second-order valence-corrected chi connectivity index (χ2v) is 9.43. The number of rotatable bonds is 8. The van der Waals surface area contributed by atoms with Gasteiger partial charge in [-0.3, -0.25) is 9.89 Å². The lowest BCUT2D eigenvalue weighted by molar-refractivity contribution is 0.0529. The van der Waals surface area contributed by atoms with E-state index in [0.29, 0.717) is 19.0 Å². The van der Waals surface area contributed by atoms with Crippen molar-refractivity contribution in [2.75, 3.05) is 39.3 Å². The molecule has 2 rings (SSSR count). The van der Waals surface area contributed by atoms with Crippen LogP contribution in [0.3, 0.4) is 0 Å². The van der Waals surface area contributed by atoms with Gasteiger partial charge in [-0.1, -0.05) is 6.07 Å². The molecule has 1 unspecified atom stereocenters. The van der Waals surface area contributed by atoms with E-state index in [1.807, 2.05) is 32.1 Å². The molecule has 1 aromatic rings. The summed E-state index contributed by atoms with van der Waals surface area (Å²) in [5.41, 5.74) is -0.481. The predicted octanol–water partition coefficient (Wildman–Crippen LogP) is 3.04. The molecule has 1 aliphatic heterocycles. The Hall–Kier alpha value is -1.80. The molecule has 1 saturated heterocycles. The fourth-order valence-electron chi connectivity index (χ4n) is 3.29. The zero-order valence-electron chi connectivity index (χ0n) is 18.3. The van der Waals surface area contributed by atoms with E-state index < -0.39 is 11.7 Å². The smallest absolute Gasteiger partial charge is 0.407 e. The third-order valence-corrected chi connectivity index (χ3v) is 5.36. The second kappa shape index (κ2) is 12.0. The topological polar surface area (TPSA) is 78.0 Å². The Morgan fingerprint density at radius 3 is 2.79 bits per heavy atom. The molecule has 0 saturated carbocycles. The van der Waals surface area contributed by atoms with Crippen molar-refractivity contribution in [3.63, 3.8) is 0 Å². The van der Waals surface area contributed by atoms with Gasteiger partial charge < -0.3 is 20.7 Å². The summed E-state index contributed by atoms with van der Waals surface area (Å²) in [6.07, 6.45) is 2.06. The van der Waals surface area contributed by atoms with Crippen LogP contribution in [0, 0.1) is 5.92 Å². The highest BCUT2D eigenvalue weighted by atomic mass is 32.1. The van der Waals surface area contributed by atoms with E-state index in [4.69, 9.17) is 9.73 Å². The lowest BCUT2D eigenvalue weighted by atomic mass is 9.98. The number of likely N-dealkylation sites (tertiary alicyclic amines) is 1. The summed E-state index contributed by atoms with van der Waals surface area (Å²) in [6.45, 7) is 13.6. The van der Waals surface area contributed by atoms with Crippen LogP contribution < -0.4 is 16.0 Å². The molecule has 0 radical (unpaired) electrons. The number of piperidine rings is 1. The molecule has 1 atom stereocenters. The Bertz CT molecular complexity index is 628. The van der Waals surface area contributed by atoms with Crippen molar-refractivity contribution in [3.8, 4) is 0 Å². The van der Waals surface area contributed by atoms with E-state index in [1.165, 1.54) is 24.3 Å². The number of amides is 1. The van der Waals surface area contributed by atoms with Crippen LogP contribution in [0.5, 0.6) is 0 Å². The van der Waals surface area contributed by atoms with E-state index >= 15 is 0 Å². The number of guanidine groups is 1. The van der Waals surface area contributed by atoms with Gasteiger partial charge in [0.2, 0.25) is 0 Å². The largest absolute Gasteiger partial charge is 0.444 e. The highest BCUT2D eigenvalue weighted by molar-refractivity contribution is 7.09. The zero-order valence-corrected chi connectivity index (χ0v) is 19.1. The Morgan fingerprint density at radius 2 is 2.10 bits per heavy atom. The van der Waals surface area contributed by atoms with E-state index in [2.05, 4.69) is 45.3 Å². The Morgan fingerprint density at radius 1 is 1.31 bits per heavy atom. The molecule has 0 aliphatic carbocycles. The highest BCUT2D eigenvalue weighted by Crippen LogP contribution is 2.20. The van der Waals surface area contributed by atoms with Gasteiger partial charge in [-0.25, -0.2) is 4.79 Å². The molecule has 0 bridgehead atoms. The summed E-state index contributed by atoms with van der Waals surface area (Å²) < 4.78 is 5.24. The van der Waals surface area contributed by atoms with Crippen molar-refractivity contribution in [1.29, 1.82) is 0 Å². The van der Waals surface area contributed by atoms with E-state index in [0.717, 1.165) is 32.1 Å². The van der Waals surface area contributed by atoms with Crippen LogP contribution >= 0.6 is 11.3 Å². The molecule has 1 amide bonds. The van der Waals surface area contributed by atoms with Crippen LogP contribution in [-0.2, 0) is 11.3 Å². The predicted molar refractivity (Wildman–Crippen MR) is 121 cm³/mol. The maximum atomic E-state index is 11.7. The molecule has 1 aliphatic rings. The van der Waals surface area contributed by atoms with Gasteiger partial charge in [0.15, 0.2) is 5.96 Å². The summed E-state index contributed by atoms with van der Waals surface area (Å²) in [7, 11) is 0. The monoisotopic (exact) mass is 423 g/mol. The summed E-state index contributed by atoms with van der Waals surface area (Å²) >= 11 is 1.83. The minimum Gasteiger partial charge on any atom is -0.444 e. The molecular formula is C21H37N5O2S. The van der Waals surface area contributed by atoms with Crippen molar-refractivity contribution in [1.82, 2.24) is 20.9 Å². The average molecular weight is 424 g/mol. The van der Waals surface area contributed by atoms with Crippen molar-refractivity contribution < 1.29 is 9.53 Å². The van der Waals surface area contributed by atoms with Gasteiger partial charge in [-0.15, -0.1) is 11.3 Å². The fourth-order valence-corrected chi connectivity index (χ4v) is 4.03. The van der Waals surface area contributed by atoms with Gasteiger partial charge >= 0.3 is 6.09 Å². The van der Waals surface area contributed by atoms with E-state index in [1.54, 1.807) is 0 Å². The normalized spacial score (nSPS) is 18.3. The molecule has 0 spiro atoms. The number of carbonyl (C=O) groups excluding carboxylic acids is 1. The number of nitrogens with one attached hydrogen (secondary N) is 3. The molecule has 164 valence electrons. The fraction of sp³-hybridized carbons (Fsp3) is 0.714. The Labute approximate surface area is 179 Å². The molecule has 3 N–H and O–H groups in total. The molecule has 29 heavy (non-hydrogen) atoms. The van der Waals surface area contributed by atoms with Gasteiger partial charge in [-0.05, 0) is 64.4 Å². The number of hydrogen-bond acceptors (Lipinski definition) is 5. The van der Waals surface area contributed by atoms with Crippen molar-refractivity contribution >= 4 is 23.4 Å². The summed E-state index contributed by atoms with van der Waals surface area (Å²) in [6, 6.07) is 4.34. The van der Waals surface area contributed by atoms with E-state index in [-0.39, 0.29) is 0 Å². The van der Waals surface area contributed by atoms with Crippen molar-refractivity contribution in [2.24, 2.45) is 10.9 Å². The molecule has 8 heteroatoms. The van der Waals surface area contributed by atoms with Crippen LogP contribution in [0.1, 0.15) is 45.4 Å². The van der Waals surface area contributed by atoms with Crippen LogP contribution in [0.4, 0.5) is 4.79 Å². The molecule has 1 fully saturated rings. The van der Waals surface area contributed by atoms with Gasteiger partial charge in [0.05, 0.1) is 0 Å². The van der Waals surface area contributed by atoms with Crippen LogP contribution in [0.15, 0.2) is 22.5 Å². The zero-order chi connectivity index (χ0) is 21.1. The van der Waals surface area contributed by atoms with Gasteiger partial charge in [0.1, 0.15) is 5.60 Å². The highest BCUT2D eigenvalue weighted by Gasteiger charge is 2.20. The first-order valence-corrected chi connectivity index (χ1v) is 11.5. The first-order valence-electron chi connectivity index (χ1n) is 10.6. The van der Waals surface area contributed by atoms with Gasteiger partial charge in [-0.2, -0.15) is 0 Å². The first-order chi connectivity index (χ1) is 13.9. The van der Waals surface area contributed by atoms with Gasteiger partial charge in [0, 0.05) is 44.1 Å². The number of aliphatic imine (C=N–C) groups is 1. The summed E-state index contributed by atoms with van der Waals surface area (Å²) in [5, 5.41) is 11.5. The second-order valence-electron chi connectivity index (χ2n) is 8.40. The molecule has 7 nitrogen and oxygen atoms in total. The minimum atomic E-state index is -0.481. The van der Waals surface area contributed by atoms with Crippen LogP contribution in [0.25, 0.3) is 0 Å².